The number of carbonyl (C=O) groups is 2. The van der Waals surface area contributed by atoms with Gasteiger partial charge in [-0.1, -0.05) is 40.9 Å². The van der Waals surface area contributed by atoms with Gasteiger partial charge in [0.15, 0.2) is 23.1 Å². The van der Waals surface area contributed by atoms with Crippen molar-refractivity contribution in [1.29, 1.82) is 0 Å². The summed E-state index contributed by atoms with van der Waals surface area (Å²) in [7, 11) is 0. The Kier molecular flexibility index (Phi) is 12.4. The van der Waals surface area contributed by atoms with Crippen LogP contribution < -0.4 is 0 Å². The smallest absolute Gasteiger partial charge is 0.308 e. The molecule has 2 N–H and O–H groups in total. The van der Waals surface area contributed by atoms with Crippen LogP contribution in [0.15, 0.2) is 24.3 Å². The molecule has 19 nitrogen and oxygen atoms in total. The van der Waals surface area contributed by atoms with Gasteiger partial charge in [0, 0.05) is 63.7 Å². The van der Waals surface area contributed by atoms with Gasteiger partial charge < -0.3 is 81.3 Å². The number of carboxylic acids is 1. The van der Waals surface area contributed by atoms with Crippen LogP contribution in [0, 0.1) is 35.5 Å². The van der Waals surface area contributed by atoms with E-state index in [-0.39, 0.29) is 158 Å². The van der Waals surface area contributed by atoms with E-state index in [1.807, 2.05) is 0 Å². The molecule has 17 aliphatic rings. The molecule has 4 spiro atoms. The molecule has 16 aliphatic heterocycles. The van der Waals surface area contributed by atoms with Crippen molar-refractivity contribution in [3.05, 3.63) is 24.3 Å². The van der Waals surface area contributed by atoms with E-state index >= 15 is 0 Å². The number of esters is 1. The van der Waals surface area contributed by atoms with Crippen LogP contribution in [-0.2, 0) is 80.6 Å². The second-order valence-electron chi connectivity index (χ2n) is 27.9. The fraction of sp³-hybridized carbons (Fsp3) is 0.900. The van der Waals surface area contributed by atoms with Crippen molar-refractivity contribution in [2.75, 3.05) is 0 Å². The van der Waals surface area contributed by atoms with Crippen LogP contribution in [0.3, 0.4) is 0 Å². The minimum Gasteiger partial charge on any atom is -0.481 e. The lowest BCUT2D eigenvalue weighted by Crippen LogP contribution is -2.93. The monoisotopic (exact) mass is 1110 g/mol. The molecule has 0 aromatic rings. The first kappa shape index (κ1) is 52.4. The van der Waals surface area contributed by atoms with Gasteiger partial charge >= 0.3 is 11.9 Å². The molecule has 32 atom stereocenters. The second kappa shape index (κ2) is 18.7. The largest absolute Gasteiger partial charge is 0.481 e. The molecule has 16 heterocycles. The number of aliphatic hydroxyl groups excluding tert-OH is 1. The summed E-state index contributed by atoms with van der Waals surface area (Å²) in [5, 5.41) is 20.4. The standard InChI is InChI=1S/C60H82O19/c1-25-13-31-7-9-35-26(2)14-33(65-35)11-12-57-23-44-48-55-49(60(48,76-44)79-57)56(78-57)54-36(69-55)10-8-32(67-54)15-47(64)72-53-30(6)52-41(68-40(53)17-37(66-31)29(25)5)18-39-43(71-52)22-59(73-39)24-45-51(77-59)28(4)21-58(75-45)20-27(3)50-42(74-58)16-34(61)38(70-50)19-46(62)63/h25,27-28,30-45,48-56,61H,2,5,7-24H2,1,3-4,6H3,(H,62,63)/t25-,27+,28+,30+,31?,32?,33?,34-,35?,36?,37?,38?,39-,40?,41+,42?,43-,44-,45?,48?,49?,50+,51?,52+,53?,54+,55?,56?,57-,58?,59+,60?/m1/s1. The first-order valence-corrected chi connectivity index (χ1v) is 30.7. The fourth-order valence-corrected chi connectivity index (χ4v) is 19.1. The Hall–Kier alpha value is -2.18. The number of ether oxygens (including phenoxy) is 15. The summed E-state index contributed by atoms with van der Waals surface area (Å²) in [4.78, 5) is 26.2. The van der Waals surface area contributed by atoms with Crippen molar-refractivity contribution >= 4 is 11.9 Å². The fourth-order valence-electron chi connectivity index (χ4n) is 19.1. The number of aliphatic hydroxyl groups is 1. The molecule has 18 unspecified atom stereocenters. The van der Waals surface area contributed by atoms with E-state index in [1.54, 1.807) is 0 Å². The molecule has 0 aromatic carbocycles. The quantitative estimate of drug-likeness (QED) is 0.245. The number of carbonyl (C=O) groups excluding carboxylic acids is 1. The summed E-state index contributed by atoms with van der Waals surface area (Å²) in [5.41, 5.74) is 2.15. The Labute approximate surface area is 461 Å². The normalized spacial score (nSPS) is 59.7. The van der Waals surface area contributed by atoms with Gasteiger partial charge in [0.2, 0.25) is 0 Å². The maximum Gasteiger partial charge on any atom is 0.308 e. The Morgan fingerprint density at radius 3 is 2.10 bits per heavy atom. The highest BCUT2D eigenvalue weighted by Gasteiger charge is 2.87. The van der Waals surface area contributed by atoms with E-state index in [9.17, 15) is 19.8 Å². The summed E-state index contributed by atoms with van der Waals surface area (Å²) in [6, 6.07) is 0. The molecule has 17 fully saturated rings. The summed E-state index contributed by atoms with van der Waals surface area (Å²) >= 11 is 0. The highest BCUT2D eigenvalue weighted by Crippen LogP contribution is 2.73. The first-order valence-electron chi connectivity index (χ1n) is 30.7. The Balaban J connectivity index is 0.636. The Morgan fingerprint density at radius 1 is 0.544 bits per heavy atom. The summed E-state index contributed by atoms with van der Waals surface area (Å²) in [6.45, 7) is 17.8. The lowest BCUT2D eigenvalue weighted by molar-refractivity contribution is -0.620. The molecular formula is C60H82O19. The van der Waals surface area contributed by atoms with Crippen molar-refractivity contribution in [2.24, 2.45) is 35.5 Å². The van der Waals surface area contributed by atoms with Crippen LogP contribution in [0.5, 0.6) is 0 Å². The van der Waals surface area contributed by atoms with E-state index in [2.05, 4.69) is 40.9 Å². The molecule has 0 amide bonds. The zero-order chi connectivity index (χ0) is 53.8. The Morgan fingerprint density at radius 2 is 1.25 bits per heavy atom. The van der Waals surface area contributed by atoms with Crippen molar-refractivity contribution in [3.63, 3.8) is 0 Å². The van der Waals surface area contributed by atoms with Crippen LogP contribution >= 0.6 is 0 Å². The molecule has 16 saturated heterocycles. The maximum absolute atomic E-state index is 14.6. The van der Waals surface area contributed by atoms with Crippen LogP contribution in [0.1, 0.15) is 143 Å². The molecule has 10 bridgehead atoms. The summed E-state index contributed by atoms with van der Waals surface area (Å²) < 4.78 is 103. The van der Waals surface area contributed by atoms with Gasteiger partial charge in [-0.3, -0.25) is 9.59 Å². The van der Waals surface area contributed by atoms with Gasteiger partial charge in [-0.25, -0.2) is 0 Å². The lowest BCUT2D eigenvalue weighted by atomic mass is 9.51. The average molecular weight is 1110 g/mol. The molecular weight excluding hydrogens is 1020 g/mol. The number of aliphatic carboxylic acids is 1. The lowest BCUT2D eigenvalue weighted by Gasteiger charge is -2.80. The van der Waals surface area contributed by atoms with E-state index in [0.717, 1.165) is 49.7 Å². The average Bonchev–Trinajstić information content (AvgIpc) is 1.36. The van der Waals surface area contributed by atoms with Crippen LogP contribution in [-0.4, -0.2) is 180 Å². The Bertz CT molecular complexity index is 2480. The molecule has 436 valence electrons. The minimum absolute atomic E-state index is 0.00712. The molecule has 0 radical (unpaired) electrons. The molecule has 19 heteroatoms. The summed E-state index contributed by atoms with van der Waals surface area (Å²) in [5.74, 6) is -4.55. The third-order valence-corrected chi connectivity index (χ3v) is 22.6. The zero-order valence-corrected chi connectivity index (χ0v) is 46.1. The van der Waals surface area contributed by atoms with Gasteiger partial charge in [0.25, 0.3) is 0 Å². The summed E-state index contributed by atoms with van der Waals surface area (Å²) in [6.07, 6.45) is 3.11. The van der Waals surface area contributed by atoms with Crippen LogP contribution in [0.25, 0.3) is 0 Å². The highest BCUT2D eigenvalue weighted by atomic mass is 16.8. The van der Waals surface area contributed by atoms with E-state index < -0.39 is 65.7 Å². The highest BCUT2D eigenvalue weighted by molar-refractivity contribution is 5.70. The molecule has 17 rings (SSSR count). The molecule has 1 aliphatic carbocycles. The second-order valence-corrected chi connectivity index (χ2v) is 27.9. The van der Waals surface area contributed by atoms with Gasteiger partial charge in [0.1, 0.15) is 18.3 Å². The van der Waals surface area contributed by atoms with Gasteiger partial charge in [-0.2, -0.15) is 0 Å². The minimum atomic E-state index is -1.00. The van der Waals surface area contributed by atoms with E-state index in [4.69, 9.17) is 71.1 Å². The number of rotatable bonds is 2. The van der Waals surface area contributed by atoms with Crippen LogP contribution in [0.4, 0.5) is 0 Å². The molecule has 79 heavy (non-hydrogen) atoms. The van der Waals surface area contributed by atoms with Crippen LogP contribution in [0.2, 0.25) is 0 Å². The molecule has 0 aromatic heterocycles. The maximum atomic E-state index is 14.6. The predicted molar refractivity (Wildman–Crippen MR) is 270 cm³/mol. The van der Waals surface area contributed by atoms with Crippen molar-refractivity contribution in [1.82, 2.24) is 0 Å². The van der Waals surface area contributed by atoms with Crippen molar-refractivity contribution in [2.45, 2.75) is 301 Å². The number of fused-ring (bicyclic) bond motifs is 10. The zero-order valence-electron chi connectivity index (χ0n) is 46.1. The van der Waals surface area contributed by atoms with Crippen molar-refractivity contribution in [3.8, 4) is 0 Å². The third-order valence-electron chi connectivity index (χ3n) is 22.6. The number of carboxylic acid groups (broad SMARTS) is 1. The predicted octanol–water partition coefficient (Wildman–Crippen LogP) is 5.86. The van der Waals surface area contributed by atoms with Crippen molar-refractivity contribution < 1.29 is 90.9 Å². The number of hydrogen-bond acceptors (Lipinski definition) is 18. The topological polar surface area (TPSA) is 213 Å². The number of hydrogen-bond donors (Lipinski definition) is 2. The SMILES string of the molecule is C=C1CC2CC[C@]34C[C@H]5OC6(O3)C3C(OC7CCC(CC(=O)OC8C(CC9OC(CCC1O2)C[C@@H](C)C9=C)O[C@H]1C[C@H]2O[C@@]9(CC%10OC%11(C[C@H](C)C%10O9)C[C@H](C)[C@@H]9OC(CC(=O)O)[C@H](O)CC9O%11)C[C@H]2O[C@H]1[C@@H]8C)O[C@@H]7C3O4)C56. The van der Waals surface area contributed by atoms with E-state index in [1.165, 1.54) is 0 Å². The van der Waals surface area contributed by atoms with Gasteiger partial charge in [-0.05, 0) is 73.8 Å². The first-order chi connectivity index (χ1) is 37.9. The third kappa shape index (κ3) is 8.32. The van der Waals surface area contributed by atoms with E-state index in [0.29, 0.717) is 57.8 Å². The molecule has 1 saturated carbocycles. The van der Waals surface area contributed by atoms with Gasteiger partial charge in [-0.15, -0.1) is 0 Å². The van der Waals surface area contributed by atoms with Gasteiger partial charge in [0.05, 0.1) is 141 Å².